The lowest BCUT2D eigenvalue weighted by molar-refractivity contribution is 0.322. The van der Waals surface area contributed by atoms with E-state index in [0.29, 0.717) is 18.4 Å². The Morgan fingerprint density at radius 3 is 2.90 bits per heavy atom. The molecule has 6 nitrogen and oxygen atoms in total. The smallest absolute Gasteiger partial charge is 0.233 e. The number of aryl methyl sites for hydroxylation is 1. The Kier molecular flexibility index (Phi) is 4.03. The molecule has 2 aromatic heterocycles. The normalized spacial score (nSPS) is 18.2. The van der Waals surface area contributed by atoms with Gasteiger partial charge in [0.05, 0.1) is 12.8 Å². The van der Waals surface area contributed by atoms with E-state index in [-0.39, 0.29) is 0 Å². The van der Waals surface area contributed by atoms with Crippen molar-refractivity contribution in [1.82, 2.24) is 20.0 Å². The summed E-state index contributed by atoms with van der Waals surface area (Å²) in [5.41, 5.74) is 1.31. The first-order valence-corrected chi connectivity index (χ1v) is 7.43. The Morgan fingerprint density at radius 2 is 2.24 bits per heavy atom. The van der Waals surface area contributed by atoms with Crippen LogP contribution in [0.2, 0.25) is 0 Å². The molecule has 2 aromatic rings. The highest BCUT2D eigenvalue weighted by atomic mass is 16.5. The van der Waals surface area contributed by atoms with Crippen LogP contribution in [0.4, 0.5) is 5.82 Å². The summed E-state index contributed by atoms with van der Waals surface area (Å²) in [6.45, 7) is 4.62. The van der Waals surface area contributed by atoms with Crippen LogP contribution >= 0.6 is 0 Å². The van der Waals surface area contributed by atoms with Crippen molar-refractivity contribution in [3.05, 3.63) is 30.1 Å². The molecule has 0 aromatic carbocycles. The van der Waals surface area contributed by atoms with E-state index in [1.807, 2.05) is 37.0 Å². The molecule has 0 amide bonds. The Morgan fingerprint density at radius 1 is 1.33 bits per heavy atom. The van der Waals surface area contributed by atoms with Crippen LogP contribution < -0.4 is 9.64 Å². The molecule has 1 atom stereocenters. The number of anilines is 1. The molecule has 0 saturated carbocycles. The molecule has 1 fully saturated rings. The maximum absolute atomic E-state index is 5.32. The maximum Gasteiger partial charge on any atom is 0.233 e. The molecule has 0 aliphatic carbocycles. The van der Waals surface area contributed by atoms with Gasteiger partial charge in [0, 0.05) is 32.4 Å². The van der Waals surface area contributed by atoms with Gasteiger partial charge in [-0.15, -0.1) is 10.2 Å². The van der Waals surface area contributed by atoms with Crippen molar-refractivity contribution in [1.29, 1.82) is 0 Å². The molecule has 1 unspecified atom stereocenters. The summed E-state index contributed by atoms with van der Waals surface area (Å²) < 4.78 is 7.19. The molecule has 21 heavy (non-hydrogen) atoms. The van der Waals surface area contributed by atoms with Gasteiger partial charge >= 0.3 is 0 Å². The summed E-state index contributed by atoms with van der Waals surface area (Å²) in [5.74, 6) is 2.18. The van der Waals surface area contributed by atoms with Crippen molar-refractivity contribution >= 4 is 5.82 Å². The lowest BCUT2D eigenvalue weighted by Gasteiger charge is -2.16. The highest BCUT2D eigenvalue weighted by molar-refractivity contribution is 5.39. The van der Waals surface area contributed by atoms with Gasteiger partial charge < -0.3 is 9.64 Å². The first kappa shape index (κ1) is 13.9. The average molecular weight is 287 g/mol. The lowest BCUT2D eigenvalue weighted by Crippen LogP contribution is -2.21. The molecule has 1 aliphatic heterocycles. The fourth-order valence-electron chi connectivity index (χ4n) is 2.82. The van der Waals surface area contributed by atoms with Gasteiger partial charge in [-0.2, -0.15) is 5.10 Å². The molecular formula is C15H21N5O. The number of aromatic nitrogens is 4. The number of ether oxygens (including phenoxy) is 1. The second-order valence-electron chi connectivity index (χ2n) is 5.49. The Balaban J connectivity index is 1.58. The zero-order valence-corrected chi connectivity index (χ0v) is 12.6. The van der Waals surface area contributed by atoms with Gasteiger partial charge in [0.2, 0.25) is 5.88 Å². The minimum Gasteiger partial charge on any atom is -0.477 e. The fraction of sp³-hybridized carbons (Fsp3) is 0.533. The standard InChI is InChI=1S/C15H21N5O/c1-3-21-15-5-4-14(17-18-15)20-7-6-12(11-20)8-13-9-16-19(2)10-13/h4-5,9-10,12H,3,6-8,11H2,1-2H3. The van der Waals surface area contributed by atoms with Crippen molar-refractivity contribution in [2.45, 2.75) is 19.8 Å². The highest BCUT2D eigenvalue weighted by Crippen LogP contribution is 2.25. The number of rotatable bonds is 5. The molecule has 1 aliphatic rings. The summed E-state index contributed by atoms with van der Waals surface area (Å²) in [6, 6.07) is 3.88. The molecule has 0 bridgehead atoms. The third kappa shape index (κ3) is 3.32. The molecule has 3 rings (SSSR count). The van der Waals surface area contributed by atoms with Crippen LogP contribution in [-0.2, 0) is 13.5 Å². The van der Waals surface area contributed by atoms with Crippen molar-refractivity contribution in [2.24, 2.45) is 13.0 Å². The minimum atomic E-state index is 0.590. The maximum atomic E-state index is 5.32. The Bertz CT molecular complexity index is 580. The van der Waals surface area contributed by atoms with Crippen LogP contribution in [0.5, 0.6) is 5.88 Å². The first-order valence-electron chi connectivity index (χ1n) is 7.43. The van der Waals surface area contributed by atoms with Crippen molar-refractivity contribution in [2.75, 3.05) is 24.6 Å². The summed E-state index contributed by atoms with van der Waals surface area (Å²) in [7, 11) is 1.96. The van der Waals surface area contributed by atoms with Crippen LogP contribution in [0.3, 0.4) is 0 Å². The van der Waals surface area contributed by atoms with Gasteiger partial charge in [-0.25, -0.2) is 0 Å². The zero-order valence-electron chi connectivity index (χ0n) is 12.6. The predicted molar refractivity (Wildman–Crippen MR) is 80.4 cm³/mol. The summed E-state index contributed by atoms with van der Waals surface area (Å²) in [6.07, 6.45) is 6.32. The summed E-state index contributed by atoms with van der Waals surface area (Å²) >= 11 is 0. The van der Waals surface area contributed by atoms with Crippen molar-refractivity contribution < 1.29 is 4.74 Å². The Labute approximate surface area is 124 Å². The average Bonchev–Trinajstić information content (AvgIpc) is 3.10. The van der Waals surface area contributed by atoms with Crippen molar-refractivity contribution in [3.63, 3.8) is 0 Å². The van der Waals surface area contributed by atoms with E-state index >= 15 is 0 Å². The molecule has 6 heteroatoms. The summed E-state index contributed by atoms with van der Waals surface area (Å²) in [4.78, 5) is 2.30. The van der Waals surface area contributed by atoms with Crippen LogP contribution in [0.15, 0.2) is 24.5 Å². The molecule has 3 heterocycles. The van der Waals surface area contributed by atoms with Gasteiger partial charge in [0.25, 0.3) is 0 Å². The van der Waals surface area contributed by atoms with E-state index in [1.54, 1.807) is 0 Å². The van der Waals surface area contributed by atoms with Gasteiger partial charge in [0.15, 0.2) is 5.82 Å². The number of hydrogen-bond donors (Lipinski definition) is 0. The Hall–Kier alpha value is -2.11. The third-order valence-corrected chi connectivity index (χ3v) is 3.81. The minimum absolute atomic E-state index is 0.590. The van der Waals surface area contributed by atoms with E-state index in [4.69, 9.17) is 4.74 Å². The van der Waals surface area contributed by atoms with E-state index in [1.165, 1.54) is 12.0 Å². The van der Waals surface area contributed by atoms with E-state index < -0.39 is 0 Å². The van der Waals surface area contributed by atoms with Crippen LogP contribution in [0.1, 0.15) is 18.9 Å². The van der Waals surface area contributed by atoms with Crippen LogP contribution in [0.25, 0.3) is 0 Å². The lowest BCUT2D eigenvalue weighted by atomic mass is 10.0. The molecule has 0 radical (unpaired) electrons. The van der Waals surface area contributed by atoms with Gasteiger partial charge in [-0.3, -0.25) is 4.68 Å². The van der Waals surface area contributed by atoms with E-state index in [9.17, 15) is 0 Å². The van der Waals surface area contributed by atoms with Crippen molar-refractivity contribution in [3.8, 4) is 5.88 Å². The highest BCUT2D eigenvalue weighted by Gasteiger charge is 2.24. The monoisotopic (exact) mass is 287 g/mol. The van der Waals surface area contributed by atoms with Gasteiger partial charge in [-0.05, 0) is 37.3 Å². The van der Waals surface area contributed by atoms with E-state index in [0.717, 1.165) is 25.3 Å². The second kappa shape index (κ2) is 6.11. The largest absolute Gasteiger partial charge is 0.477 e. The molecule has 1 saturated heterocycles. The first-order chi connectivity index (χ1) is 10.2. The van der Waals surface area contributed by atoms with Gasteiger partial charge in [-0.1, -0.05) is 0 Å². The second-order valence-corrected chi connectivity index (χ2v) is 5.49. The summed E-state index contributed by atoms with van der Waals surface area (Å²) in [5, 5.41) is 12.6. The fourth-order valence-corrected chi connectivity index (χ4v) is 2.82. The number of hydrogen-bond acceptors (Lipinski definition) is 5. The molecule has 0 spiro atoms. The third-order valence-electron chi connectivity index (χ3n) is 3.81. The molecule has 112 valence electrons. The molecular weight excluding hydrogens is 266 g/mol. The van der Waals surface area contributed by atoms with Gasteiger partial charge in [0.1, 0.15) is 0 Å². The number of nitrogens with zero attached hydrogens (tertiary/aromatic N) is 5. The van der Waals surface area contributed by atoms with E-state index in [2.05, 4.69) is 26.4 Å². The van der Waals surface area contributed by atoms with Crippen LogP contribution in [0, 0.1) is 5.92 Å². The predicted octanol–water partition coefficient (Wildman–Crippen LogP) is 1.68. The quantitative estimate of drug-likeness (QED) is 0.837. The zero-order chi connectivity index (χ0) is 14.7. The molecule has 0 N–H and O–H groups in total. The topological polar surface area (TPSA) is 56.1 Å². The van der Waals surface area contributed by atoms with Crippen LogP contribution in [-0.4, -0.2) is 39.7 Å². The SMILES string of the molecule is CCOc1ccc(N2CCC(Cc3cnn(C)c3)C2)nn1.